The Labute approximate surface area is 150 Å². The molecule has 0 aromatic heterocycles. The monoisotopic (exact) mass is 359 g/mol. The van der Waals surface area contributed by atoms with E-state index in [1.54, 1.807) is 24.3 Å². The third-order valence-electron chi connectivity index (χ3n) is 3.25. The first-order chi connectivity index (χ1) is 11.8. The molecule has 0 heterocycles. The average Bonchev–Trinajstić information content (AvgIpc) is 2.56. The largest absolute Gasteiger partial charge is 0.332 e. The molecular weight excluding hydrogens is 341 g/mol. The SMILES string of the molecule is CC(C)C(=O)Nc1ccc(NC(=S)NC(=O)c2cccc(F)c2)cc1. The Morgan fingerprint density at radius 2 is 1.60 bits per heavy atom. The molecule has 2 aromatic rings. The van der Waals surface area contributed by atoms with E-state index in [4.69, 9.17) is 12.2 Å². The molecule has 0 aliphatic heterocycles. The number of carbonyl (C=O) groups is 2. The number of anilines is 2. The summed E-state index contributed by atoms with van der Waals surface area (Å²) in [5, 5.41) is 8.20. The van der Waals surface area contributed by atoms with Gasteiger partial charge >= 0.3 is 0 Å². The van der Waals surface area contributed by atoms with Crippen molar-refractivity contribution in [1.82, 2.24) is 5.32 Å². The summed E-state index contributed by atoms with van der Waals surface area (Å²) in [4.78, 5) is 23.6. The molecule has 0 bridgehead atoms. The van der Waals surface area contributed by atoms with Gasteiger partial charge in [-0.3, -0.25) is 14.9 Å². The fraction of sp³-hybridized carbons (Fsp3) is 0.167. The minimum atomic E-state index is -0.502. The maximum absolute atomic E-state index is 13.1. The summed E-state index contributed by atoms with van der Waals surface area (Å²) in [6.45, 7) is 3.62. The molecule has 0 radical (unpaired) electrons. The van der Waals surface area contributed by atoms with E-state index in [1.165, 1.54) is 18.2 Å². The second-order valence-electron chi connectivity index (χ2n) is 5.64. The minimum absolute atomic E-state index is 0.0708. The molecule has 7 heteroatoms. The van der Waals surface area contributed by atoms with Gasteiger partial charge in [-0.25, -0.2) is 4.39 Å². The van der Waals surface area contributed by atoms with Crippen molar-refractivity contribution in [3.8, 4) is 0 Å². The van der Waals surface area contributed by atoms with Gasteiger partial charge in [0, 0.05) is 22.9 Å². The van der Waals surface area contributed by atoms with Crippen molar-refractivity contribution < 1.29 is 14.0 Å². The van der Waals surface area contributed by atoms with E-state index in [0.717, 1.165) is 6.07 Å². The van der Waals surface area contributed by atoms with Crippen LogP contribution in [-0.4, -0.2) is 16.9 Å². The molecule has 0 saturated carbocycles. The van der Waals surface area contributed by atoms with Gasteiger partial charge < -0.3 is 10.6 Å². The lowest BCUT2D eigenvalue weighted by atomic mass is 10.2. The van der Waals surface area contributed by atoms with Gasteiger partial charge in [-0.1, -0.05) is 19.9 Å². The van der Waals surface area contributed by atoms with Gasteiger partial charge in [0.25, 0.3) is 5.91 Å². The van der Waals surface area contributed by atoms with Crippen LogP contribution >= 0.6 is 12.2 Å². The van der Waals surface area contributed by atoms with Crippen LogP contribution < -0.4 is 16.0 Å². The van der Waals surface area contributed by atoms with Crippen molar-refractivity contribution >= 4 is 40.5 Å². The van der Waals surface area contributed by atoms with Gasteiger partial charge in [0.2, 0.25) is 5.91 Å². The molecule has 2 aromatic carbocycles. The zero-order valence-corrected chi connectivity index (χ0v) is 14.6. The summed E-state index contributed by atoms with van der Waals surface area (Å²) in [5.41, 5.74) is 1.49. The van der Waals surface area contributed by atoms with E-state index in [-0.39, 0.29) is 22.5 Å². The third-order valence-corrected chi connectivity index (χ3v) is 3.45. The van der Waals surface area contributed by atoms with Crippen LogP contribution in [0, 0.1) is 11.7 Å². The molecule has 5 nitrogen and oxygen atoms in total. The Morgan fingerprint density at radius 3 is 2.16 bits per heavy atom. The van der Waals surface area contributed by atoms with Crippen LogP contribution in [-0.2, 0) is 4.79 Å². The number of hydrogen-bond acceptors (Lipinski definition) is 3. The van der Waals surface area contributed by atoms with Crippen LogP contribution in [0.5, 0.6) is 0 Å². The van der Waals surface area contributed by atoms with Gasteiger partial charge in [0.15, 0.2) is 5.11 Å². The molecule has 0 aliphatic carbocycles. The highest BCUT2D eigenvalue weighted by Crippen LogP contribution is 2.14. The first-order valence-electron chi connectivity index (χ1n) is 7.64. The first kappa shape index (κ1) is 18.5. The van der Waals surface area contributed by atoms with E-state index in [9.17, 15) is 14.0 Å². The highest BCUT2D eigenvalue weighted by molar-refractivity contribution is 7.80. The van der Waals surface area contributed by atoms with Gasteiger partial charge in [0.05, 0.1) is 0 Å². The fourth-order valence-corrected chi connectivity index (χ4v) is 2.10. The second-order valence-corrected chi connectivity index (χ2v) is 6.05. The Balaban J connectivity index is 1.92. The van der Waals surface area contributed by atoms with Crippen molar-refractivity contribution in [2.75, 3.05) is 10.6 Å². The van der Waals surface area contributed by atoms with Gasteiger partial charge in [-0.15, -0.1) is 0 Å². The molecule has 0 aliphatic rings. The Bertz CT molecular complexity index is 791. The number of halogens is 1. The van der Waals surface area contributed by atoms with E-state index < -0.39 is 11.7 Å². The van der Waals surface area contributed by atoms with E-state index >= 15 is 0 Å². The molecule has 0 saturated heterocycles. The number of amides is 2. The van der Waals surface area contributed by atoms with Crippen molar-refractivity contribution in [2.45, 2.75) is 13.8 Å². The lowest BCUT2D eigenvalue weighted by Crippen LogP contribution is -2.34. The maximum Gasteiger partial charge on any atom is 0.257 e. The normalized spacial score (nSPS) is 10.2. The van der Waals surface area contributed by atoms with Crippen molar-refractivity contribution in [3.05, 3.63) is 59.9 Å². The first-order valence-corrected chi connectivity index (χ1v) is 8.05. The Hall–Kier alpha value is -2.80. The van der Waals surface area contributed by atoms with Crippen molar-refractivity contribution in [2.24, 2.45) is 5.92 Å². The van der Waals surface area contributed by atoms with Crippen molar-refractivity contribution in [3.63, 3.8) is 0 Å². The maximum atomic E-state index is 13.1. The minimum Gasteiger partial charge on any atom is -0.332 e. The quantitative estimate of drug-likeness (QED) is 0.730. The highest BCUT2D eigenvalue weighted by atomic mass is 32.1. The molecule has 0 spiro atoms. The van der Waals surface area contributed by atoms with Gasteiger partial charge in [0.1, 0.15) is 5.82 Å². The van der Waals surface area contributed by atoms with E-state index in [2.05, 4.69) is 16.0 Å². The smallest absolute Gasteiger partial charge is 0.257 e. The number of nitrogens with one attached hydrogen (secondary N) is 3. The summed E-state index contributed by atoms with van der Waals surface area (Å²) in [5.74, 6) is -1.18. The molecule has 0 fully saturated rings. The van der Waals surface area contributed by atoms with Crippen LogP contribution in [0.15, 0.2) is 48.5 Å². The van der Waals surface area contributed by atoms with Crippen LogP contribution in [0.2, 0.25) is 0 Å². The molecule has 0 atom stereocenters. The Morgan fingerprint density at radius 1 is 1.00 bits per heavy atom. The van der Waals surface area contributed by atoms with E-state index in [1.807, 2.05) is 13.8 Å². The van der Waals surface area contributed by atoms with Gasteiger partial charge in [-0.2, -0.15) is 0 Å². The number of rotatable bonds is 4. The average molecular weight is 359 g/mol. The standard InChI is InChI=1S/C18H18FN3O2S/c1-11(2)16(23)20-14-6-8-15(9-7-14)21-18(25)22-17(24)12-4-3-5-13(19)10-12/h3-11H,1-2H3,(H,20,23)(H2,21,22,24,25). The van der Waals surface area contributed by atoms with Crippen LogP contribution in [0.1, 0.15) is 24.2 Å². The second kappa shape index (κ2) is 8.34. The van der Waals surface area contributed by atoms with Crippen LogP contribution in [0.25, 0.3) is 0 Å². The number of carbonyl (C=O) groups excluding carboxylic acids is 2. The van der Waals surface area contributed by atoms with Gasteiger partial charge in [-0.05, 0) is 54.7 Å². The molecule has 2 rings (SSSR count). The molecule has 3 N–H and O–H groups in total. The molecular formula is C18H18FN3O2S. The number of thiocarbonyl (C=S) groups is 1. The summed E-state index contributed by atoms with van der Waals surface area (Å²) in [6, 6.07) is 12.2. The molecule has 0 unspecified atom stereocenters. The lowest BCUT2D eigenvalue weighted by Gasteiger charge is -2.11. The summed E-state index contributed by atoms with van der Waals surface area (Å²) >= 11 is 5.08. The topological polar surface area (TPSA) is 70.2 Å². The zero-order chi connectivity index (χ0) is 18.4. The zero-order valence-electron chi connectivity index (χ0n) is 13.8. The summed E-state index contributed by atoms with van der Waals surface area (Å²) in [6.07, 6.45) is 0. The summed E-state index contributed by atoms with van der Waals surface area (Å²) in [7, 11) is 0. The highest BCUT2D eigenvalue weighted by Gasteiger charge is 2.09. The number of hydrogen-bond donors (Lipinski definition) is 3. The Kier molecular flexibility index (Phi) is 6.19. The third kappa shape index (κ3) is 5.65. The van der Waals surface area contributed by atoms with Crippen LogP contribution in [0.4, 0.5) is 15.8 Å². The predicted molar refractivity (Wildman–Crippen MR) is 100.0 cm³/mol. The predicted octanol–water partition coefficient (Wildman–Crippen LogP) is 3.55. The number of benzene rings is 2. The molecule has 130 valence electrons. The van der Waals surface area contributed by atoms with E-state index in [0.29, 0.717) is 11.4 Å². The van der Waals surface area contributed by atoms with Crippen molar-refractivity contribution in [1.29, 1.82) is 0 Å². The molecule has 25 heavy (non-hydrogen) atoms. The summed E-state index contributed by atoms with van der Waals surface area (Å²) < 4.78 is 13.1. The van der Waals surface area contributed by atoms with Crippen LogP contribution in [0.3, 0.4) is 0 Å². The molecule has 2 amide bonds. The fourth-order valence-electron chi connectivity index (χ4n) is 1.89. The lowest BCUT2D eigenvalue weighted by molar-refractivity contribution is -0.118.